The number of carbonyl (C=O) groups is 1. The average molecular weight is 439 g/mol. The number of nitrogens with one attached hydrogen (secondary N) is 1. The Labute approximate surface area is 190 Å². The molecule has 1 aromatic carbocycles. The van der Waals surface area contributed by atoms with Gasteiger partial charge in [0, 0.05) is 5.92 Å². The van der Waals surface area contributed by atoms with Crippen LogP contribution in [0.4, 0.5) is 10.1 Å². The van der Waals surface area contributed by atoms with Crippen molar-refractivity contribution in [2.24, 2.45) is 40.9 Å². The zero-order chi connectivity index (χ0) is 22.7. The lowest BCUT2D eigenvalue weighted by Crippen LogP contribution is -2.51. The highest BCUT2D eigenvalue weighted by atomic mass is 19.1. The third-order valence-electron chi connectivity index (χ3n) is 9.91. The first-order chi connectivity index (χ1) is 15.2. The van der Waals surface area contributed by atoms with E-state index in [2.05, 4.69) is 12.2 Å². The summed E-state index contributed by atoms with van der Waals surface area (Å²) in [5, 5.41) is 22.9. The normalized spacial score (nSPS) is 42.8. The number of carbonyl (C=O) groups excluding carboxylic acids is 1. The lowest BCUT2D eigenvalue weighted by molar-refractivity contribution is -0.129. The number of halogens is 1. The van der Waals surface area contributed by atoms with Gasteiger partial charge in [0.2, 0.25) is 5.91 Å². The second-order valence-electron chi connectivity index (χ2n) is 11.6. The smallest absolute Gasteiger partial charge is 0.228 e. The Morgan fingerprint density at radius 1 is 1.09 bits per heavy atom. The molecule has 0 aliphatic heterocycles. The number of nitriles is 1. The molecule has 0 saturated heterocycles. The number of benzene rings is 1. The molecule has 4 saturated carbocycles. The van der Waals surface area contributed by atoms with E-state index < -0.39 is 11.4 Å². The Hall–Kier alpha value is -1.93. The molecule has 1 amide bonds. The summed E-state index contributed by atoms with van der Waals surface area (Å²) in [6.45, 7) is 4.32. The van der Waals surface area contributed by atoms with Gasteiger partial charge >= 0.3 is 0 Å². The van der Waals surface area contributed by atoms with Crippen molar-refractivity contribution < 1.29 is 14.3 Å². The van der Waals surface area contributed by atoms with E-state index in [1.807, 2.05) is 13.0 Å². The van der Waals surface area contributed by atoms with E-state index in [1.54, 1.807) is 0 Å². The Balaban J connectivity index is 1.32. The lowest BCUT2D eigenvalue weighted by atomic mass is 9.49. The number of fused-ring (bicyclic) bond motifs is 5. The number of nitrogens with zero attached hydrogens (tertiary/aromatic N) is 1. The quantitative estimate of drug-likeness (QED) is 0.626. The van der Waals surface area contributed by atoms with Crippen LogP contribution in [0.1, 0.15) is 77.2 Å². The van der Waals surface area contributed by atoms with E-state index in [0.29, 0.717) is 23.4 Å². The summed E-state index contributed by atoms with van der Waals surface area (Å²) in [6, 6.07) is 5.96. The summed E-state index contributed by atoms with van der Waals surface area (Å²) >= 11 is 0. The molecule has 5 heteroatoms. The molecule has 0 aromatic heterocycles. The molecule has 0 bridgehead atoms. The molecule has 172 valence electrons. The van der Waals surface area contributed by atoms with Gasteiger partial charge in [0.05, 0.1) is 16.9 Å². The van der Waals surface area contributed by atoms with Crippen molar-refractivity contribution in [2.75, 3.05) is 5.32 Å². The van der Waals surface area contributed by atoms with Crippen LogP contribution in [0.2, 0.25) is 0 Å². The lowest BCUT2D eigenvalue weighted by Gasteiger charge is -2.56. The number of anilines is 1. The Kier molecular flexibility index (Phi) is 5.36. The Bertz CT molecular complexity index is 953. The minimum atomic E-state index is -0.490. The first-order valence-electron chi connectivity index (χ1n) is 12.4. The fourth-order valence-corrected chi connectivity index (χ4v) is 8.45. The number of aliphatic hydroxyl groups is 1. The second kappa shape index (κ2) is 7.83. The molecule has 1 aromatic rings. The number of hydrogen-bond acceptors (Lipinski definition) is 3. The molecule has 4 aliphatic rings. The molecular formula is C27H35FN2O2. The van der Waals surface area contributed by atoms with Gasteiger partial charge in [-0.3, -0.25) is 4.79 Å². The molecule has 32 heavy (non-hydrogen) atoms. The summed E-state index contributed by atoms with van der Waals surface area (Å²) in [5.41, 5.74) is 0.0872. The van der Waals surface area contributed by atoms with Gasteiger partial charge in [-0.05, 0) is 118 Å². The van der Waals surface area contributed by atoms with E-state index in [0.717, 1.165) is 50.4 Å². The van der Waals surface area contributed by atoms with Crippen molar-refractivity contribution in [1.82, 2.24) is 0 Å². The average Bonchev–Trinajstić information content (AvgIpc) is 3.11. The van der Waals surface area contributed by atoms with Gasteiger partial charge in [-0.2, -0.15) is 5.26 Å². The fourth-order valence-electron chi connectivity index (χ4n) is 8.45. The van der Waals surface area contributed by atoms with Gasteiger partial charge in [-0.1, -0.05) is 6.92 Å². The highest BCUT2D eigenvalue weighted by Gasteiger charge is 2.58. The van der Waals surface area contributed by atoms with Gasteiger partial charge in [0.1, 0.15) is 11.9 Å². The zero-order valence-electron chi connectivity index (χ0n) is 19.2. The SMILES string of the molecule is C[C@@]1(O)CC[C@H]2[C@H](CC[C@@H]3[C@@H]2CC[C@]2(C)[C@@H](C(=O)Nc4ccc(F)cc4C#N)CC[C@@H]32)C1. The summed E-state index contributed by atoms with van der Waals surface area (Å²) in [7, 11) is 0. The van der Waals surface area contributed by atoms with Crippen LogP contribution in [0.5, 0.6) is 0 Å². The monoisotopic (exact) mass is 438 g/mol. The topological polar surface area (TPSA) is 73.1 Å². The van der Waals surface area contributed by atoms with Crippen molar-refractivity contribution in [1.29, 1.82) is 5.26 Å². The highest BCUT2D eigenvalue weighted by molar-refractivity contribution is 5.94. The molecule has 0 radical (unpaired) electrons. The molecule has 4 fully saturated rings. The van der Waals surface area contributed by atoms with E-state index in [9.17, 15) is 19.6 Å². The van der Waals surface area contributed by atoms with Crippen LogP contribution in [0.25, 0.3) is 0 Å². The third-order valence-corrected chi connectivity index (χ3v) is 9.91. The van der Waals surface area contributed by atoms with E-state index in [-0.39, 0.29) is 22.8 Å². The molecule has 4 nitrogen and oxygen atoms in total. The first kappa shape index (κ1) is 21.9. The van der Waals surface area contributed by atoms with E-state index in [4.69, 9.17) is 0 Å². The van der Waals surface area contributed by atoms with Crippen LogP contribution in [-0.2, 0) is 4.79 Å². The number of hydrogen-bond donors (Lipinski definition) is 2. The van der Waals surface area contributed by atoms with E-state index >= 15 is 0 Å². The van der Waals surface area contributed by atoms with Gasteiger partial charge in [0.15, 0.2) is 0 Å². The Morgan fingerprint density at radius 3 is 2.66 bits per heavy atom. The van der Waals surface area contributed by atoms with Crippen LogP contribution in [0.3, 0.4) is 0 Å². The van der Waals surface area contributed by atoms with Crippen molar-refractivity contribution in [3.05, 3.63) is 29.6 Å². The van der Waals surface area contributed by atoms with Crippen molar-refractivity contribution >= 4 is 11.6 Å². The van der Waals surface area contributed by atoms with Crippen molar-refractivity contribution in [3.63, 3.8) is 0 Å². The highest BCUT2D eigenvalue weighted by Crippen LogP contribution is 2.64. The van der Waals surface area contributed by atoms with E-state index in [1.165, 1.54) is 37.5 Å². The molecule has 8 atom stereocenters. The number of amides is 1. The molecule has 5 rings (SSSR count). The standard InChI is InChI=1S/C27H35FN2O2/c1-26(32)11-9-19-16(14-26)3-5-21-20(19)10-12-27(2)22(21)6-7-23(27)25(31)30-24-8-4-18(28)13-17(24)15-29/h4,8,13,16,19-23,32H,3,5-7,9-12,14H2,1-2H3,(H,30,31)/t16-,19+,20-,21-,22+,23-,26-,27+/m1/s1. The second-order valence-corrected chi connectivity index (χ2v) is 11.6. The molecule has 4 aliphatic carbocycles. The largest absolute Gasteiger partial charge is 0.390 e. The molecular weight excluding hydrogens is 403 g/mol. The molecule has 2 N–H and O–H groups in total. The fraction of sp³-hybridized carbons (Fsp3) is 0.704. The minimum absolute atomic E-state index is 0.00885. The maximum atomic E-state index is 13.5. The zero-order valence-corrected chi connectivity index (χ0v) is 19.2. The summed E-state index contributed by atoms with van der Waals surface area (Å²) in [6.07, 6.45) is 9.71. The maximum Gasteiger partial charge on any atom is 0.228 e. The summed E-state index contributed by atoms with van der Waals surface area (Å²) in [5.74, 6) is 2.86. The van der Waals surface area contributed by atoms with Crippen LogP contribution in [0.15, 0.2) is 18.2 Å². The van der Waals surface area contributed by atoms with Gasteiger partial charge in [0.25, 0.3) is 0 Å². The van der Waals surface area contributed by atoms with Gasteiger partial charge < -0.3 is 10.4 Å². The predicted octanol–water partition coefficient (Wildman–Crippen LogP) is 5.66. The van der Waals surface area contributed by atoms with Crippen molar-refractivity contribution in [3.8, 4) is 6.07 Å². The number of rotatable bonds is 2. The van der Waals surface area contributed by atoms with Crippen LogP contribution in [-0.4, -0.2) is 16.6 Å². The van der Waals surface area contributed by atoms with Gasteiger partial charge in [-0.25, -0.2) is 4.39 Å². The summed E-state index contributed by atoms with van der Waals surface area (Å²) < 4.78 is 13.5. The minimum Gasteiger partial charge on any atom is -0.390 e. The van der Waals surface area contributed by atoms with Crippen molar-refractivity contribution in [2.45, 2.75) is 77.2 Å². The van der Waals surface area contributed by atoms with Crippen LogP contribution in [0, 0.1) is 58.1 Å². The molecule has 0 heterocycles. The predicted molar refractivity (Wildman–Crippen MR) is 121 cm³/mol. The first-order valence-corrected chi connectivity index (χ1v) is 12.4. The van der Waals surface area contributed by atoms with Gasteiger partial charge in [-0.15, -0.1) is 0 Å². The molecule has 0 spiro atoms. The summed E-state index contributed by atoms with van der Waals surface area (Å²) in [4.78, 5) is 13.3. The Morgan fingerprint density at radius 2 is 1.88 bits per heavy atom. The van der Waals surface area contributed by atoms with Crippen LogP contribution >= 0.6 is 0 Å². The maximum absolute atomic E-state index is 13.5. The third kappa shape index (κ3) is 3.55. The van der Waals surface area contributed by atoms with Crippen LogP contribution < -0.4 is 5.32 Å². The molecule has 0 unspecified atom stereocenters.